The lowest BCUT2D eigenvalue weighted by atomic mass is 10.1. The number of hydrogen-bond donors (Lipinski definition) is 2. The molecule has 0 spiro atoms. The van der Waals surface area contributed by atoms with E-state index in [1.54, 1.807) is 12.1 Å². The molecule has 1 atom stereocenters. The lowest BCUT2D eigenvalue weighted by Gasteiger charge is -2.15. The summed E-state index contributed by atoms with van der Waals surface area (Å²) in [4.78, 5) is 29.4. The van der Waals surface area contributed by atoms with Crippen molar-refractivity contribution in [3.8, 4) is 0 Å². The third-order valence-electron chi connectivity index (χ3n) is 4.87. The van der Waals surface area contributed by atoms with Crippen LogP contribution >= 0.6 is 0 Å². The predicted molar refractivity (Wildman–Crippen MR) is 102 cm³/mol. The normalized spacial score (nSPS) is 17.4. The fourth-order valence-corrected chi connectivity index (χ4v) is 3.52. The minimum absolute atomic E-state index is 0.151. The molecular weight excluding hydrogens is 326 g/mol. The number of hydrogen-bond acceptors (Lipinski definition) is 3. The zero-order chi connectivity index (χ0) is 18.1. The number of aryl methyl sites for hydroxylation is 1. The molecule has 0 bridgehead atoms. The molecule has 2 aromatic carbocycles. The highest BCUT2D eigenvalue weighted by Gasteiger charge is 2.38. The first-order valence-electron chi connectivity index (χ1n) is 8.85. The van der Waals surface area contributed by atoms with Gasteiger partial charge in [-0.2, -0.15) is 0 Å². The maximum Gasteiger partial charge on any atom is 0.251 e. The van der Waals surface area contributed by atoms with Gasteiger partial charge in [0.2, 0.25) is 5.91 Å². The van der Waals surface area contributed by atoms with Crippen LogP contribution in [0.2, 0.25) is 0 Å². The monoisotopic (exact) mass is 347 g/mol. The predicted octanol–water partition coefficient (Wildman–Crippen LogP) is 2.94. The molecule has 2 heterocycles. The first-order chi connectivity index (χ1) is 12.6. The molecule has 0 saturated carbocycles. The Morgan fingerprint density at radius 3 is 2.77 bits per heavy atom. The minimum atomic E-state index is -0.449. The number of carbonyl (C=O) groups excluding carboxylic acids is 2. The SMILES string of the molecule is Cc1ccc2[nH]cc(CCN[C@H]3CC(=O)N(c4ccccc4)C3=O)c2c1. The number of anilines is 1. The van der Waals surface area contributed by atoms with Gasteiger partial charge in [0, 0.05) is 23.6 Å². The van der Waals surface area contributed by atoms with E-state index in [9.17, 15) is 9.59 Å². The lowest BCUT2D eigenvalue weighted by molar-refractivity contribution is -0.121. The number of nitrogens with zero attached hydrogens (tertiary/aromatic N) is 1. The van der Waals surface area contributed by atoms with Crippen molar-refractivity contribution in [1.82, 2.24) is 10.3 Å². The van der Waals surface area contributed by atoms with E-state index in [1.807, 2.05) is 24.4 Å². The number of nitrogens with one attached hydrogen (secondary N) is 2. The van der Waals surface area contributed by atoms with Gasteiger partial charge in [0.1, 0.15) is 0 Å². The smallest absolute Gasteiger partial charge is 0.251 e. The summed E-state index contributed by atoms with van der Waals surface area (Å²) < 4.78 is 0. The molecule has 132 valence electrons. The van der Waals surface area contributed by atoms with Crippen LogP contribution in [0.3, 0.4) is 0 Å². The molecule has 5 nitrogen and oxygen atoms in total. The van der Waals surface area contributed by atoms with Crippen molar-refractivity contribution in [2.24, 2.45) is 0 Å². The van der Waals surface area contributed by atoms with E-state index in [1.165, 1.54) is 21.4 Å². The van der Waals surface area contributed by atoms with Crippen LogP contribution in [0.4, 0.5) is 5.69 Å². The topological polar surface area (TPSA) is 65.2 Å². The Labute approximate surface area is 152 Å². The van der Waals surface area contributed by atoms with Crippen molar-refractivity contribution >= 4 is 28.4 Å². The number of para-hydroxylation sites is 1. The summed E-state index contributed by atoms with van der Waals surface area (Å²) in [5.41, 5.74) is 4.20. The first kappa shape index (κ1) is 16.5. The summed E-state index contributed by atoms with van der Waals surface area (Å²) >= 11 is 0. The van der Waals surface area contributed by atoms with Gasteiger partial charge in [-0.25, -0.2) is 4.90 Å². The van der Waals surface area contributed by atoms with Crippen LogP contribution in [0, 0.1) is 6.92 Å². The number of aromatic nitrogens is 1. The molecule has 5 heteroatoms. The number of benzene rings is 2. The molecule has 1 aliphatic heterocycles. The van der Waals surface area contributed by atoms with E-state index in [-0.39, 0.29) is 18.2 Å². The average Bonchev–Trinajstić information content (AvgIpc) is 3.16. The Kier molecular flexibility index (Phi) is 4.31. The van der Waals surface area contributed by atoms with Crippen molar-refractivity contribution in [1.29, 1.82) is 0 Å². The summed E-state index contributed by atoms with van der Waals surface area (Å²) in [5, 5.41) is 4.47. The highest BCUT2D eigenvalue weighted by atomic mass is 16.2. The number of carbonyl (C=O) groups is 2. The molecular formula is C21H21N3O2. The van der Waals surface area contributed by atoms with Crippen LogP contribution in [0.15, 0.2) is 54.7 Å². The van der Waals surface area contributed by atoms with Crippen molar-refractivity contribution in [2.45, 2.75) is 25.8 Å². The molecule has 4 rings (SSSR count). The Bertz CT molecular complexity index is 962. The van der Waals surface area contributed by atoms with Crippen LogP contribution in [0.1, 0.15) is 17.5 Å². The fourth-order valence-electron chi connectivity index (χ4n) is 3.52. The third-order valence-corrected chi connectivity index (χ3v) is 4.87. The van der Waals surface area contributed by atoms with Gasteiger partial charge in [-0.15, -0.1) is 0 Å². The summed E-state index contributed by atoms with van der Waals surface area (Å²) in [6, 6.07) is 15.0. The zero-order valence-corrected chi connectivity index (χ0v) is 14.7. The molecule has 1 fully saturated rings. The zero-order valence-electron chi connectivity index (χ0n) is 14.7. The Hall–Kier alpha value is -2.92. The van der Waals surface area contributed by atoms with Gasteiger partial charge in [-0.3, -0.25) is 9.59 Å². The summed E-state index contributed by atoms with van der Waals surface area (Å²) in [7, 11) is 0. The molecule has 0 aliphatic carbocycles. The van der Waals surface area contributed by atoms with Gasteiger partial charge in [-0.05, 0) is 43.2 Å². The Morgan fingerprint density at radius 2 is 1.96 bits per heavy atom. The summed E-state index contributed by atoms with van der Waals surface area (Å²) in [6.45, 7) is 2.72. The van der Waals surface area contributed by atoms with Crippen molar-refractivity contribution in [2.75, 3.05) is 11.4 Å². The lowest BCUT2D eigenvalue weighted by Crippen LogP contribution is -2.39. The molecule has 2 N–H and O–H groups in total. The molecule has 0 radical (unpaired) electrons. The van der Waals surface area contributed by atoms with Gasteiger partial charge in [-0.1, -0.05) is 29.8 Å². The number of aromatic amines is 1. The maximum absolute atomic E-state index is 12.6. The van der Waals surface area contributed by atoms with E-state index in [2.05, 4.69) is 35.4 Å². The third kappa shape index (κ3) is 3.02. The molecule has 1 aromatic heterocycles. The maximum atomic E-state index is 12.6. The Morgan fingerprint density at radius 1 is 1.15 bits per heavy atom. The highest BCUT2D eigenvalue weighted by Crippen LogP contribution is 2.23. The number of H-pyrrole nitrogens is 1. The summed E-state index contributed by atoms with van der Waals surface area (Å²) in [6.07, 6.45) is 3.02. The van der Waals surface area contributed by atoms with Gasteiger partial charge in [0.15, 0.2) is 0 Å². The van der Waals surface area contributed by atoms with Gasteiger partial charge < -0.3 is 10.3 Å². The average molecular weight is 347 g/mol. The van der Waals surface area contributed by atoms with Crippen molar-refractivity contribution in [3.63, 3.8) is 0 Å². The van der Waals surface area contributed by atoms with E-state index < -0.39 is 6.04 Å². The number of fused-ring (bicyclic) bond motifs is 1. The van der Waals surface area contributed by atoms with E-state index in [0.29, 0.717) is 12.2 Å². The first-order valence-corrected chi connectivity index (χ1v) is 8.85. The second-order valence-electron chi connectivity index (χ2n) is 6.73. The largest absolute Gasteiger partial charge is 0.361 e. The van der Waals surface area contributed by atoms with E-state index >= 15 is 0 Å². The van der Waals surface area contributed by atoms with Crippen molar-refractivity contribution < 1.29 is 9.59 Å². The van der Waals surface area contributed by atoms with Gasteiger partial charge in [0.05, 0.1) is 18.2 Å². The van der Waals surface area contributed by atoms with Crippen LogP contribution in [0.25, 0.3) is 10.9 Å². The standard InChI is InChI=1S/C21H21N3O2/c1-14-7-8-18-17(11-14)15(13-23-18)9-10-22-19-12-20(25)24(21(19)26)16-5-3-2-4-6-16/h2-8,11,13,19,22-23H,9-10,12H2,1H3/t19-/m0/s1. The minimum Gasteiger partial charge on any atom is -0.361 e. The number of rotatable bonds is 5. The van der Waals surface area contributed by atoms with Crippen LogP contribution in [-0.2, 0) is 16.0 Å². The van der Waals surface area contributed by atoms with Gasteiger partial charge in [0.25, 0.3) is 5.91 Å². The highest BCUT2D eigenvalue weighted by molar-refractivity contribution is 6.22. The Balaban J connectivity index is 1.41. The van der Waals surface area contributed by atoms with Crippen LogP contribution in [0.5, 0.6) is 0 Å². The van der Waals surface area contributed by atoms with Crippen LogP contribution in [-0.4, -0.2) is 29.4 Å². The fraction of sp³-hybridized carbons (Fsp3) is 0.238. The quantitative estimate of drug-likeness (QED) is 0.698. The number of imide groups is 1. The van der Waals surface area contributed by atoms with Crippen molar-refractivity contribution in [3.05, 3.63) is 65.9 Å². The van der Waals surface area contributed by atoms with Gasteiger partial charge >= 0.3 is 0 Å². The molecule has 3 aromatic rings. The van der Waals surface area contributed by atoms with E-state index in [4.69, 9.17) is 0 Å². The van der Waals surface area contributed by atoms with Crippen LogP contribution < -0.4 is 10.2 Å². The summed E-state index contributed by atoms with van der Waals surface area (Å²) in [5.74, 6) is -0.322. The molecule has 0 unspecified atom stereocenters. The number of amides is 2. The molecule has 1 aliphatic rings. The molecule has 1 saturated heterocycles. The second-order valence-corrected chi connectivity index (χ2v) is 6.73. The second kappa shape index (κ2) is 6.77. The van der Waals surface area contributed by atoms with E-state index in [0.717, 1.165) is 11.9 Å². The molecule has 26 heavy (non-hydrogen) atoms. The molecule has 2 amide bonds.